The summed E-state index contributed by atoms with van der Waals surface area (Å²) in [4.78, 5) is 11.2. The van der Waals surface area contributed by atoms with Crippen LogP contribution in [-0.2, 0) is 10.0 Å². The summed E-state index contributed by atoms with van der Waals surface area (Å²) < 4.78 is 35.2. The van der Waals surface area contributed by atoms with Gasteiger partial charge in [-0.25, -0.2) is 18.4 Å². The monoisotopic (exact) mass is 501 g/mol. The van der Waals surface area contributed by atoms with Gasteiger partial charge >= 0.3 is 0 Å². The zero-order chi connectivity index (χ0) is 24.7. The highest BCUT2D eigenvalue weighted by Gasteiger charge is 2.30. The van der Waals surface area contributed by atoms with Crippen LogP contribution in [-0.4, -0.2) is 71.0 Å². The second-order valence-corrected chi connectivity index (χ2v) is 10.4. The zero-order valence-electron chi connectivity index (χ0n) is 19.5. The van der Waals surface area contributed by atoms with Crippen LogP contribution >= 0.6 is 0 Å². The lowest BCUT2D eigenvalue weighted by molar-refractivity contribution is 0.384. The zero-order valence-corrected chi connectivity index (χ0v) is 20.3. The molecule has 0 atom stereocenters. The van der Waals surface area contributed by atoms with Crippen molar-refractivity contribution in [1.29, 1.82) is 0 Å². The Bertz CT molecular complexity index is 1680. The summed E-state index contributed by atoms with van der Waals surface area (Å²) in [5.41, 5.74) is 1.90. The van der Waals surface area contributed by atoms with Crippen molar-refractivity contribution < 1.29 is 13.2 Å². The van der Waals surface area contributed by atoms with Crippen LogP contribution in [0.15, 0.2) is 78.0 Å². The predicted octanol–water partition coefficient (Wildman–Crippen LogP) is 2.88. The molecule has 3 heterocycles. The van der Waals surface area contributed by atoms with Crippen LogP contribution in [0.3, 0.4) is 0 Å². The quantitative estimate of drug-likeness (QED) is 0.362. The maximum absolute atomic E-state index is 13.3. The van der Waals surface area contributed by atoms with Gasteiger partial charge in [0.05, 0.1) is 17.7 Å². The highest BCUT2D eigenvalue weighted by molar-refractivity contribution is 7.89. The molecule has 6 rings (SSSR count). The van der Waals surface area contributed by atoms with E-state index in [2.05, 4.69) is 20.3 Å². The maximum atomic E-state index is 13.3. The van der Waals surface area contributed by atoms with Gasteiger partial charge < -0.3 is 9.64 Å². The fraction of sp³-hybridized carbons (Fsp3) is 0.200. The molecular formula is C25H23N7O3S. The number of anilines is 1. The lowest BCUT2D eigenvalue weighted by Crippen LogP contribution is -2.49. The number of aromatic nitrogens is 5. The van der Waals surface area contributed by atoms with Crippen molar-refractivity contribution in [3.63, 3.8) is 0 Å². The molecule has 0 spiro atoms. The largest absolute Gasteiger partial charge is 0.497 e. The molecule has 0 aliphatic carbocycles. The summed E-state index contributed by atoms with van der Waals surface area (Å²) >= 11 is 0. The minimum Gasteiger partial charge on any atom is -0.497 e. The summed E-state index contributed by atoms with van der Waals surface area (Å²) in [6.45, 7) is 1.63. The Balaban J connectivity index is 1.25. The molecular weight excluding hydrogens is 478 g/mol. The second kappa shape index (κ2) is 8.85. The Kier molecular flexibility index (Phi) is 5.50. The summed E-state index contributed by atoms with van der Waals surface area (Å²) in [6.07, 6.45) is 1.48. The van der Waals surface area contributed by atoms with E-state index in [1.165, 1.54) is 10.6 Å². The van der Waals surface area contributed by atoms with Crippen LogP contribution in [0.1, 0.15) is 0 Å². The van der Waals surface area contributed by atoms with E-state index in [4.69, 9.17) is 4.74 Å². The minimum absolute atomic E-state index is 0.306. The maximum Gasteiger partial charge on any atom is 0.243 e. The molecule has 0 radical (unpaired) electrons. The molecule has 36 heavy (non-hydrogen) atoms. The molecule has 11 heteroatoms. The van der Waals surface area contributed by atoms with Gasteiger partial charge in [0.2, 0.25) is 10.0 Å². The molecule has 0 amide bonds. The number of nitrogens with zero attached hydrogens (tertiary/aromatic N) is 7. The standard InChI is InChI=1S/C25H23N7O3S/c1-35-21-8-4-7-20(16-21)32-25-23(28-29-32)24(26-17-27-25)30-11-13-31(14-12-30)36(33,34)22-10-9-18-5-2-3-6-19(18)15-22/h2-10,15-17H,11-14H2,1H3. The molecule has 1 fully saturated rings. The number of sulfonamides is 1. The number of rotatable bonds is 5. The molecule has 5 aromatic rings. The molecule has 1 aliphatic heterocycles. The van der Waals surface area contributed by atoms with E-state index >= 15 is 0 Å². The molecule has 182 valence electrons. The normalized spacial score (nSPS) is 15.0. The van der Waals surface area contributed by atoms with E-state index in [0.29, 0.717) is 53.8 Å². The predicted molar refractivity (Wildman–Crippen MR) is 136 cm³/mol. The number of hydrogen-bond donors (Lipinski definition) is 0. The lowest BCUT2D eigenvalue weighted by atomic mass is 10.1. The molecule has 2 aromatic heterocycles. The van der Waals surface area contributed by atoms with Crippen LogP contribution < -0.4 is 9.64 Å². The van der Waals surface area contributed by atoms with E-state index in [-0.39, 0.29) is 0 Å². The van der Waals surface area contributed by atoms with Gasteiger partial charge in [0.15, 0.2) is 17.0 Å². The fourth-order valence-corrected chi connectivity index (χ4v) is 5.96. The van der Waals surface area contributed by atoms with Crippen LogP contribution in [0.2, 0.25) is 0 Å². The molecule has 1 saturated heterocycles. The summed E-state index contributed by atoms with van der Waals surface area (Å²) in [7, 11) is -2.00. The molecule has 3 aromatic carbocycles. The Labute approximate surface area is 207 Å². The van der Waals surface area contributed by atoms with Gasteiger partial charge in [-0.05, 0) is 35.0 Å². The first-order valence-electron chi connectivity index (χ1n) is 11.5. The number of ether oxygens (including phenoxy) is 1. The summed E-state index contributed by atoms with van der Waals surface area (Å²) in [6, 6.07) is 20.5. The third-order valence-electron chi connectivity index (χ3n) is 6.41. The van der Waals surface area contributed by atoms with Crippen LogP contribution in [0, 0.1) is 0 Å². The highest BCUT2D eigenvalue weighted by Crippen LogP contribution is 2.27. The van der Waals surface area contributed by atoms with Crippen molar-refractivity contribution in [2.75, 3.05) is 38.2 Å². The highest BCUT2D eigenvalue weighted by atomic mass is 32.2. The molecule has 0 bridgehead atoms. The van der Waals surface area contributed by atoms with Crippen molar-refractivity contribution in [2.24, 2.45) is 0 Å². The molecule has 0 unspecified atom stereocenters. The lowest BCUT2D eigenvalue weighted by Gasteiger charge is -2.34. The number of piperazine rings is 1. The topological polar surface area (TPSA) is 106 Å². The average molecular weight is 502 g/mol. The van der Waals surface area contributed by atoms with E-state index in [1.54, 1.807) is 23.9 Å². The van der Waals surface area contributed by atoms with Crippen molar-refractivity contribution in [3.05, 3.63) is 73.1 Å². The van der Waals surface area contributed by atoms with Crippen LogP contribution in [0.4, 0.5) is 5.82 Å². The first kappa shape index (κ1) is 22.4. The molecule has 0 N–H and O–H groups in total. The Morgan fingerprint density at radius 2 is 1.67 bits per heavy atom. The fourth-order valence-electron chi connectivity index (χ4n) is 4.50. The first-order chi connectivity index (χ1) is 17.5. The SMILES string of the molecule is COc1cccc(-n2nnc3c(N4CCN(S(=O)(=O)c5ccc6ccccc6c5)CC4)ncnc32)c1. The van der Waals surface area contributed by atoms with Gasteiger partial charge in [0.25, 0.3) is 0 Å². The van der Waals surface area contributed by atoms with E-state index in [0.717, 1.165) is 16.5 Å². The van der Waals surface area contributed by atoms with Gasteiger partial charge in [-0.15, -0.1) is 5.10 Å². The average Bonchev–Trinajstić information content (AvgIpc) is 3.37. The number of methoxy groups -OCH3 is 1. The third-order valence-corrected chi connectivity index (χ3v) is 8.31. The van der Waals surface area contributed by atoms with Crippen LogP contribution in [0.5, 0.6) is 5.75 Å². The molecule has 0 saturated carbocycles. The summed E-state index contributed by atoms with van der Waals surface area (Å²) in [5, 5.41) is 10.5. The number of fused-ring (bicyclic) bond motifs is 2. The molecule has 10 nitrogen and oxygen atoms in total. The second-order valence-electron chi connectivity index (χ2n) is 8.47. The van der Waals surface area contributed by atoms with Gasteiger partial charge in [-0.3, -0.25) is 0 Å². The Morgan fingerprint density at radius 1 is 0.861 bits per heavy atom. The molecule has 1 aliphatic rings. The van der Waals surface area contributed by atoms with Gasteiger partial charge in [0.1, 0.15) is 12.1 Å². The van der Waals surface area contributed by atoms with Crippen molar-refractivity contribution >= 4 is 37.8 Å². The van der Waals surface area contributed by atoms with Gasteiger partial charge in [-0.2, -0.15) is 8.99 Å². The van der Waals surface area contributed by atoms with E-state index in [9.17, 15) is 8.42 Å². The number of hydrogen-bond acceptors (Lipinski definition) is 8. The van der Waals surface area contributed by atoms with Crippen molar-refractivity contribution in [3.8, 4) is 11.4 Å². The third kappa shape index (κ3) is 3.82. The van der Waals surface area contributed by atoms with Crippen LogP contribution in [0.25, 0.3) is 27.6 Å². The number of benzene rings is 3. The summed E-state index contributed by atoms with van der Waals surface area (Å²) in [5.74, 6) is 1.34. The Morgan fingerprint density at radius 3 is 2.47 bits per heavy atom. The minimum atomic E-state index is -3.61. The van der Waals surface area contributed by atoms with Crippen molar-refractivity contribution in [1.82, 2.24) is 29.3 Å². The first-order valence-corrected chi connectivity index (χ1v) is 12.9. The van der Waals surface area contributed by atoms with Gasteiger partial charge in [-0.1, -0.05) is 41.6 Å². The van der Waals surface area contributed by atoms with E-state index in [1.807, 2.05) is 59.5 Å². The van der Waals surface area contributed by atoms with Gasteiger partial charge in [0, 0.05) is 32.2 Å². The van der Waals surface area contributed by atoms with E-state index < -0.39 is 10.0 Å². The smallest absolute Gasteiger partial charge is 0.243 e. The van der Waals surface area contributed by atoms with Crippen molar-refractivity contribution in [2.45, 2.75) is 4.90 Å². The Hall–Kier alpha value is -4.09.